The number of carbonyl (C=O) groups excluding carboxylic acids is 2. The van der Waals surface area contributed by atoms with E-state index in [2.05, 4.69) is 23.7 Å². The van der Waals surface area contributed by atoms with Crippen LogP contribution >= 0.6 is 11.3 Å². The Kier molecular flexibility index (Phi) is 7.52. The van der Waals surface area contributed by atoms with Gasteiger partial charge in [-0.05, 0) is 52.0 Å². The van der Waals surface area contributed by atoms with Gasteiger partial charge >= 0.3 is 0 Å². The van der Waals surface area contributed by atoms with Crippen LogP contribution < -0.4 is 0 Å². The lowest BCUT2D eigenvalue weighted by Crippen LogP contribution is -2.33. The fraction of sp³-hybridized carbons (Fsp3) is 0.370. The molecule has 2 aromatic heterocycles. The van der Waals surface area contributed by atoms with Crippen molar-refractivity contribution in [3.05, 3.63) is 70.1 Å². The monoisotopic (exact) mass is 493 g/mol. The molecule has 0 bridgehead atoms. The number of ketones is 1. The maximum Gasteiger partial charge on any atom is 0.295 e. The van der Waals surface area contributed by atoms with Crippen molar-refractivity contribution in [3.8, 4) is 10.6 Å². The second kappa shape index (κ2) is 10.6. The van der Waals surface area contributed by atoms with Gasteiger partial charge in [0.05, 0.1) is 5.57 Å². The van der Waals surface area contributed by atoms with Crippen LogP contribution in [-0.4, -0.2) is 57.8 Å². The van der Waals surface area contributed by atoms with Crippen LogP contribution in [0.1, 0.15) is 48.4 Å². The minimum atomic E-state index is -0.790. The number of thiazole rings is 1. The van der Waals surface area contributed by atoms with E-state index >= 15 is 0 Å². The molecule has 1 aliphatic heterocycles. The third kappa shape index (κ3) is 4.94. The Balaban J connectivity index is 1.74. The number of furan rings is 1. The van der Waals surface area contributed by atoms with Crippen LogP contribution in [0.15, 0.2) is 52.5 Å². The Morgan fingerprint density at radius 2 is 1.83 bits per heavy atom. The highest BCUT2D eigenvalue weighted by Gasteiger charge is 2.47. The first kappa shape index (κ1) is 24.9. The Labute approximate surface area is 209 Å². The van der Waals surface area contributed by atoms with Crippen molar-refractivity contribution in [2.75, 3.05) is 26.2 Å². The molecule has 1 saturated heterocycles. The molecule has 1 atom stereocenters. The maximum atomic E-state index is 13.2. The molecular weight excluding hydrogens is 462 g/mol. The summed E-state index contributed by atoms with van der Waals surface area (Å²) >= 11 is 1.44. The Hall–Kier alpha value is -3.23. The van der Waals surface area contributed by atoms with Crippen molar-refractivity contribution in [1.29, 1.82) is 0 Å². The summed E-state index contributed by atoms with van der Waals surface area (Å²) in [5.41, 5.74) is 1.28. The van der Waals surface area contributed by atoms with Gasteiger partial charge < -0.3 is 19.3 Å². The number of aryl methyl sites for hydroxylation is 2. The van der Waals surface area contributed by atoms with Crippen molar-refractivity contribution in [1.82, 2.24) is 14.8 Å². The van der Waals surface area contributed by atoms with Gasteiger partial charge in [-0.3, -0.25) is 9.59 Å². The van der Waals surface area contributed by atoms with Gasteiger partial charge in [0.2, 0.25) is 0 Å². The number of hydrogen-bond acceptors (Lipinski definition) is 7. The third-order valence-corrected chi connectivity index (χ3v) is 7.40. The van der Waals surface area contributed by atoms with E-state index in [-0.39, 0.29) is 11.3 Å². The van der Waals surface area contributed by atoms with Crippen LogP contribution in [0.25, 0.3) is 16.3 Å². The average Bonchev–Trinajstić information content (AvgIpc) is 3.54. The standard InChI is InChI=1S/C27H31N3O4S/c1-5-29(6-2)15-10-16-30-23(20-14-13-17(3)34-20)21(25(32)27(30)33)24(31)22-18(4)35-26(28-22)19-11-8-7-9-12-19/h7-9,11-14,23,31H,5-6,10,15-16H2,1-4H3/b24-21+. The quantitative estimate of drug-likeness (QED) is 0.251. The first-order chi connectivity index (χ1) is 16.8. The molecule has 184 valence electrons. The Bertz CT molecular complexity index is 1240. The van der Waals surface area contributed by atoms with Crippen molar-refractivity contribution < 1.29 is 19.1 Å². The van der Waals surface area contributed by atoms with Crippen molar-refractivity contribution in [2.45, 2.75) is 40.2 Å². The highest BCUT2D eigenvalue weighted by molar-refractivity contribution is 7.15. The van der Waals surface area contributed by atoms with Gasteiger partial charge in [-0.2, -0.15) is 0 Å². The van der Waals surface area contributed by atoms with E-state index in [4.69, 9.17) is 4.42 Å². The molecule has 3 heterocycles. The summed E-state index contributed by atoms with van der Waals surface area (Å²) in [4.78, 5) is 35.6. The zero-order valence-corrected chi connectivity index (χ0v) is 21.4. The lowest BCUT2D eigenvalue weighted by Gasteiger charge is -2.25. The molecule has 1 aromatic carbocycles. The highest BCUT2D eigenvalue weighted by Crippen LogP contribution is 2.41. The summed E-state index contributed by atoms with van der Waals surface area (Å²) in [6, 6.07) is 12.4. The van der Waals surface area contributed by atoms with Crippen LogP contribution in [0, 0.1) is 13.8 Å². The van der Waals surface area contributed by atoms with Gasteiger partial charge in [-0.1, -0.05) is 44.2 Å². The van der Waals surface area contributed by atoms with Gasteiger partial charge in [0.25, 0.3) is 11.7 Å². The van der Waals surface area contributed by atoms with Crippen LogP contribution in [0.2, 0.25) is 0 Å². The number of hydrogen-bond donors (Lipinski definition) is 1. The zero-order chi connectivity index (χ0) is 25.1. The number of benzene rings is 1. The molecule has 0 spiro atoms. The van der Waals surface area contributed by atoms with E-state index < -0.39 is 17.7 Å². The molecule has 7 nitrogen and oxygen atoms in total. The van der Waals surface area contributed by atoms with Crippen molar-refractivity contribution in [3.63, 3.8) is 0 Å². The summed E-state index contributed by atoms with van der Waals surface area (Å²) in [6.45, 7) is 10.9. The normalized spacial score (nSPS) is 17.6. The summed E-state index contributed by atoms with van der Waals surface area (Å²) < 4.78 is 5.87. The number of nitrogens with zero attached hydrogens (tertiary/aromatic N) is 3. The molecule has 3 aromatic rings. The van der Waals surface area contributed by atoms with Crippen LogP contribution in [0.4, 0.5) is 0 Å². The summed E-state index contributed by atoms with van der Waals surface area (Å²) in [7, 11) is 0. The van der Waals surface area contributed by atoms with Crippen LogP contribution in [-0.2, 0) is 9.59 Å². The molecule has 1 N–H and O–H groups in total. The smallest absolute Gasteiger partial charge is 0.295 e. The van der Waals surface area contributed by atoms with E-state index in [1.165, 1.54) is 16.2 Å². The summed E-state index contributed by atoms with van der Waals surface area (Å²) in [5.74, 6) is -0.462. The lowest BCUT2D eigenvalue weighted by atomic mass is 10.0. The molecule has 1 unspecified atom stereocenters. The molecule has 0 aliphatic carbocycles. The molecule has 0 radical (unpaired) electrons. The second-order valence-electron chi connectivity index (χ2n) is 8.61. The van der Waals surface area contributed by atoms with E-state index in [0.717, 1.165) is 35.1 Å². The molecule has 1 fully saturated rings. The van der Waals surface area contributed by atoms with Crippen LogP contribution in [0.3, 0.4) is 0 Å². The Morgan fingerprint density at radius 1 is 1.11 bits per heavy atom. The molecule has 8 heteroatoms. The third-order valence-electron chi connectivity index (χ3n) is 6.38. The van der Waals surface area contributed by atoms with Gasteiger partial charge in [-0.25, -0.2) is 4.98 Å². The number of aromatic nitrogens is 1. The number of likely N-dealkylation sites (tertiary alicyclic amines) is 1. The lowest BCUT2D eigenvalue weighted by molar-refractivity contribution is -0.140. The number of rotatable bonds is 9. The summed E-state index contributed by atoms with van der Waals surface area (Å²) in [5, 5.41) is 12.1. The van der Waals surface area contributed by atoms with E-state index in [1.54, 1.807) is 12.1 Å². The SMILES string of the molecule is CCN(CC)CCCN1C(=O)C(=O)/C(=C(/O)c2nc(-c3ccccc3)sc2C)C1c1ccc(C)o1. The van der Waals surface area contributed by atoms with Crippen molar-refractivity contribution in [2.24, 2.45) is 0 Å². The van der Waals surface area contributed by atoms with Gasteiger partial charge in [0, 0.05) is 17.0 Å². The topological polar surface area (TPSA) is 86.9 Å². The van der Waals surface area contributed by atoms with Gasteiger partial charge in [0.15, 0.2) is 5.76 Å². The molecule has 35 heavy (non-hydrogen) atoms. The average molecular weight is 494 g/mol. The van der Waals surface area contributed by atoms with E-state index in [1.807, 2.05) is 44.2 Å². The molecule has 1 amide bonds. The fourth-order valence-electron chi connectivity index (χ4n) is 4.46. The summed E-state index contributed by atoms with van der Waals surface area (Å²) in [6.07, 6.45) is 0.707. The van der Waals surface area contributed by atoms with Crippen LogP contribution in [0.5, 0.6) is 0 Å². The number of aliphatic hydroxyl groups is 1. The van der Waals surface area contributed by atoms with E-state index in [9.17, 15) is 14.7 Å². The fourth-order valence-corrected chi connectivity index (χ4v) is 5.38. The number of Topliss-reactive ketones (excluding diaryl/α,β-unsaturated/α-hetero) is 1. The molecule has 4 rings (SSSR count). The Morgan fingerprint density at radius 3 is 2.46 bits per heavy atom. The number of carbonyl (C=O) groups is 2. The van der Waals surface area contributed by atoms with Crippen molar-refractivity contribution >= 4 is 28.8 Å². The molecular formula is C27H31N3O4S. The largest absolute Gasteiger partial charge is 0.505 e. The minimum Gasteiger partial charge on any atom is -0.505 e. The highest BCUT2D eigenvalue weighted by atomic mass is 32.1. The minimum absolute atomic E-state index is 0.0280. The first-order valence-electron chi connectivity index (χ1n) is 12.0. The zero-order valence-electron chi connectivity index (χ0n) is 20.6. The molecule has 1 aliphatic rings. The van der Waals surface area contributed by atoms with Gasteiger partial charge in [0.1, 0.15) is 28.3 Å². The number of aliphatic hydroxyl groups excluding tert-OH is 1. The second-order valence-corrected chi connectivity index (χ2v) is 9.81. The maximum absolute atomic E-state index is 13.2. The predicted molar refractivity (Wildman–Crippen MR) is 137 cm³/mol. The predicted octanol–water partition coefficient (Wildman–Crippen LogP) is 5.17. The number of amides is 1. The molecule has 0 saturated carbocycles. The van der Waals surface area contributed by atoms with Gasteiger partial charge in [-0.15, -0.1) is 11.3 Å². The first-order valence-corrected chi connectivity index (χ1v) is 12.8. The van der Waals surface area contributed by atoms with E-state index in [0.29, 0.717) is 30.2 Å².